The molecule has 1 aromatic heterocycles. The van der Waals surface area contributed by atoms with Gasteiger partial charge in [-0.3, -0.25) is 0 Å². The number of hydrogen-bond donors (Lipinski definition) is 2. The normalized spacial score (nSPS) is 10.2. The van der Waals surface area contributed by atoms with Crippen molar-refractivity contribution in [2.75, 3.05) is 5.32 Å². The summed E-state index contributed by atoms with van der Waals surface area (Å²) in [5.74, 6) is -0.0966. The molecule has 1 heterocycles. The van der Waals surface area contributed by atoms with Crippen LogP contribution in [-0.4, -0.2) is 21.0 Å². The van der Waals surface area contributed by atoms with E-state index in [9.17, 15) is 4.79 Å². The minimum atomic E-state index is -1.05. The minimum absolute atomic E-state index is 0.00101. The number of aromatic nitrogens is 2. The fourth-order valence-corrected chi connectivity index (χ4v) is 1.67. The van der Waals surface area contributed by atoms with E-state index in [1.807, 2.05) is 31.2 Å². The summed E-state index contributed by atoms with van der Waals surface area (Å²) in [6.45, 7) is 4.30. The van der Waals surface area contributed by atoms with Gasteiger partial charge in [-0.2, -0.15) is 0 Å². The van der Waals surface area contributed by atoms with Crippen LogP contribution in [0.3, 0.4) is 0 Å². The quantitative estimate of drug-likeness (QED) is 0.879. The van der Waals surface area contributed by atoms with Gasteiger partial charge in [0.2, 0.25) is 0 Å². The van der Waals surface area contributed by atoms with Gasteiger partial charge in [0, 0.05) is 12.6 Å². The van der Waals surface area contributed by atoms with Crippen LogP contribution in [0.5, 0.6) is 0 Å². The maximum Gasteiger partial charge on any atom is 0.354 e. The van der Waals surface area contributed by atoms with Gasteiger partial charge in [0.05, 0.1) is 0 Å². The van der Waals surface area contributed by atoms with Crippen molar-refractivity contribution in [2.45, 2.75) is 20.4 Å². The van der Waals surface area contributed by atoms with Crippen molar-refractivity contribution < 1.29 is 9.90 Å². The molecule has 0 saturated carbocycles. The van der Waals surface area contributed by atoms with Crippen molar-refractivity contribution in [1.29, 1.82) is 0 Å². The van der Waals surface area contributed by atoms with Gasteiger partial charge in [-0.15, -0.1) is 0 Å². The lowest BCUT2D eigenvalue weighted by Crippen LogP contribution is -2.08. The summed E-state index contributed by atoms with van der Waals surface area (Å²) in [4.78, 5) is 18.9. The minimum Gasteiger partial charge on any atom is -0.477 e. The highest BCUT2D eigenvalue weighted by Crippen LogP contribution is 2.10. The molecular weight excluding hydrogens is 242 g/mol. The lowest BCUT2D eigenvalue weighted by molar-refractivity contribution is 0.0690. The number of aromatic carboxylic acids is 1. The highest BCUT2D eigenvalue weighted by atomic mass is 16.4. The van der Waals surface area contributed by atoms with E-state index in [0.717, 1.165) is 5.56 Å². The third kappa shape index (κ3) is 3.51. The maximum atomic E-state index is 10.9. The summed E-state index contributed by atoms with van der Waals surface area (Å²) in [5.41, 5.74) is 2.31. The highest BCUT2D eigenvalue weighted by Gasteiger charge is 2.08. The number of carbonyl (C=O) groups is 1. The van der Waals surface area contributed by atoms with Gasteiger partial charge in [0.15, 0.2) is 5.69 Å². The number of aryl methyl sites for hydroxylation is 2. The zero-order chi connectivity index (χ0) is 13.8. The predicted octanol–water partition coefficient (Wildman–Crippen LogP) is 2.40. The standard InChI is InChI=1S/C14H15N3O2/c1-9-3-5-11(6-4-9)8-15-13-7-12(14(18)19)16-10(2)17-13/h3-7H,8H2,1-2H3,(H,18,19)(H,15,16,17). The van der Waals surface area contributed by atoms with E-state index >= 15 is 0 Å². The molecule has 0 saturated heterocycles. The van der Waals surface area contributed by atoms with Crippen molar-refractivity contribution in [3.05, 3.63) is 53.0 Å². The van der Waals surface area contributed by atoms with Crippen LogP contribution >= 0.6 is 0 Å². The molecule has 2 aromatic rings. The zero-order valence-corrected chi connectivity index (χ0v) is 10.8. The molecular formula is C14H15N3O2. The molecule has 5 nitrogen and oxygen atoms in total. The first-order valence-corrected chi connectivity index (χ1v) is 5.93. The zero-order valence-electron chi connectivity index (χ0n) is 10.8. The molecule has 0 spiro atoms. The first kappa shape index (κ1) is 13.0. The molecule has 0 fully saturated rings. The number of nitrogens with one attached hydrogen (secondary N) is 1. The van der Waals surface area contributed by atoms with E-state index in [1.54, 1.807) is 6.92 Å². The third-order valence-corrected chi connectivity index (χ3v) is 2.65. The van der Waals surface area contributed by atoms with Crippen LogP contribution in [0.2, 0.25) is 0 Å². The predicted molar refractivity (Wildman–Crippen MR) is 72.2 cm³/mol. The van der Waals surface area contributed by atoms with Gasteiger partial charge in [-0.1, -0.05) is 29.8 Å². The van der Waals surface area contributed by atoms with Gasteiger partial charge < -0.3 is 10.4 Å². The Balaban J connectivity index is 2.11. The first-order chi connectivity index (χ1) is 9.04. The Morgan fingerprint density at radius 3 is 2.53 bits per heavy atom. The second-order valence-electron chi connectivity index (χ2n) is 4.33. The second-order valence-corrected chi connectivity index (χ2v) is 4.33. The molecule has 5 heteroatoms. The molecule has 19 heavy (non-hydrogen) atoms. The van der Waals surface area contributed by atoms with Crippen LogP contribution < -0.4 is 5.32 Å². The monoisotopic (exact) mass is 257 g/mol. The highest BCUT2D eigenvalue weighted by molar-refractivity contribution is 5.86. The van der Waals surface area contributed by atoms with Crippen LogP contribution in [0.4, 0.5) is 5.82 Å². The number of anilines is 1. The number of carboxylic acids is 1. The van der Waals surface area contributed by atoms with Crippen LogP contribution in [0.25, 0.3) is 0 Å². The summed E-state index contributed by atoms with van der Waals surface area (Å²) < 4.78 is 0. The average molecular weight is 257 g/mol. The summed E-state index contributed by atoms with van der Waals surface area (Å²) in [7, 11) is 0. The van der Waals surface area contributed by atoms with Crippen molar-refractivity contribution in [1.82, 2.24) is 9.97 Å². The Labute approximate surface area is 111 Å². The second kappa shape index (κ2) is 5.48. The largest absolute Gasteiger partial charge is 0.477 e. The van der Waals surface area contributed by atoms with Crippen molar-refractivity contribution >= 4 is 11.8 Å². The van der Waals surface area contributed by atoms with Gasteiger partial charge in [-0.05, 0) is 19.4 Å². The molecule has 0 unspecified atom stereocenters. The Morgan fingerprint density at radius 2 is 1.89 bits per heavy atom. The Bertz CT molecular complexity index is 594. The van der Waals surface area contributed by atoms with E-state index in [1.165, 1.54) is 11.6 Å². The summed E-state index contributed by atoms with van der Waals surface area (Å²) in [6, 6.07) is 9.54. The third-order valence-electron chi connectivity index (χ3n) is 2.65. The lowest BCUT2D eigenvalue weighted by Gasteiger charge is -2.07. The number of nitrogens with zero attached hydrogens (tertiary/aromatic N) is 2. The number of benzene rings is 1. The SMILES string of the molecule is Cc1ccc(CNc2cc(C(=O)O)nc(C)n2)cc1. The molecule has 0 aliphatic carbocycles. The molecule has 0 atom stereocenters. The summed E-state index contributed by atoms with van der Waals surface area (Å²) in [6.07, 6.45) is 0. The Kier molecular flexibility index (Phi) is 3.75. The lowest BCUT2D eigenvalue weighted by atomic mass is 10.1. The number of hydrogen-bond acceptors (Lipinski definition) is 4. The van der Waals surface area contributed by atoms with Crippen molar-refractivity contribution in [2.24, 2.45) is 0 Å². The van der Waals surface area contributed by atoms with Crippen LogP contribution in [0, 0.1) is 13.8 Å². The van der Waals surface area contributed by atoms with Gasteiger partial charge in [-0.25, -0.2) is 14.8 Å². The summed E-state index contributed by atoms with van der Waals surface area (Å²) in [5, 5.41) is 12.0. The van der Waals surface area contributed by atoms with E-state index < -0.39 is 5.97 Å². The molecule has 0 radical (unpaired) electrons. The van der Waals surface area contributed by atoms with Gasteiger partial charge >= 0.3 is 5.97 Å². The smallest absolute Gasteiger partial charge is 0.354 e. The Morgan fingerprint density at radius 1 is 1.21 bits per heavy atom. The molecule has 0 aliphatic rings. The van der Waals surface area contributed by atoms with E-state index in [2.05, 4.69) is 15.3 Å². The number of carboxylic acid groups (broad SMARTS) is 1. The van der Waals surface area contributed by atoms with Gasteiger partial charge in [0.25, 0.3) is 0 Å². The van der Waals surface area contributed by atoms with E-state index in [0.29, 0.717) is 18.2 Å². The molecule has 1 aromatic carbocycles. The topological polar surface area (TPSA) is 75.1 Å². The molecule has 0 amide bonds. The van der Waals surface area contributed by atoms with Gasteiger partial charge in [0.1, 0.15) is 11.6 Å². The van der Waals surface area contributed by atoms with Crippen LogP contribution in [0.1, 0.15) is 27.4 Å². The van der Waals surface area contributed by atoms with Crippen LogP contribution in [0.15, 0.2) is 30.3 Å². The average Bonchev–Trinajstić information content (AvgIpc) is 2.37. The molecule has 0 bridgehead atoms. The maximum absolute atomic E-state index is 10.9. The molecule has 2 N–H and O–H groups in total. The first-order valence-electron chi connectivity index (χ1n) is 5.93. The molecule has 2 rings (SSSR count). The van der Waals surface area contributed by atoms with Crippen LogP contribution in [-0.2, 0) is 6.54 Å². The molecule has 98 valence electrons. The fourth-order valence-electron chi connectivity index (χ4n) is 1.67. The van der Waals surface area contributed by atoms with E-state index in [4.69, 9.17) is 5.11 Å². The van der Waals surface area contributed by atoms with Crippen molar-refractivity contribution in [3.63, 3.8) is 0 Å². The summed E-state index contributed by atoms with van der Waals surface area (Å²) >= 11 is 0. The Hall–Kier alpha value is -2.43. The van der Waals surface area contributed by atoms with Crippen molar-refractivity contribution in [3.8, 4) is 0 Å². The number of rotatable bonds is 4. The molecule has 0 aliphatic heterocycles. The fraction of sp³-hybridized carbons (Fsp3) is 0.214. The van der Waals surface area contributed by atoms with E-state index in [-0.39, 0.29) is 5.69 Å².